The molecule has 4 heterocycles. The number of aliphatic carboxylic acids is 1. The molecule has 0 spiro atoms. The summed E-state index contributed by atoms with van der Waals surface area (Å²) in [5.41, 5.74) is 0.811. The van der Waals surface area contributed by atoms with E-state index in [1.165, 1.54) is 0 Å². The van der Waals surface area contributed by atoms with Crippen LogP contribution in [0.4, 0.5) is 10.5 Å². The van der Waals surface area contributed by atoms with Gasteiger partial charge in [-0.2, -0.15) is 5.10 Å². The van der Waals surface area contributed by atoms with Crippen LogP contribution in [0.2, 0.25) is 0 Å². The van der Waals surface area contributed by atoms with Gasteiger partial charge in [-0.25, -0.2) is 4.79 Å². The Morgan fingerprint density at radius 2 is 2.03 bits per heavy atom. The maximum absolute atomic E-state index is 13.2. The van der Waals surface area contributed by atoms with Crippen molar-refractivity contribution in [3.05, 3.63) is 11.9 Å². The average molecular weight is 435 g/mol. The number of anilines is 1. The highest BCUT2D eigenvalue weighted by Gasteiger charge is 2.46. The number of morpholine rings is 1. The molecule has 3 atom stereocenters. The van der Waals surface area contributed by atoms with Gasteiger partial charge < -0.3 is 19.5 Å². The van der Waals surface area contributed by atoms with E-state index < -0.39 is 23.7 Å². The third kappa shape index (κ3) is 4.11. The number of fused-ring (bicyclic) bond motifs is 3. The number of hydrogen-bond donors (Lipinski definition) is 1. The number of carboxylic acid groups (broad SMARTS) is 1. The molecule has 2 unspecified atom stereocenters. The summed E-state index contributed by atoms with van der Waals surface area (Å²) in [7, 11) is 0. The largest absolute Gasteiger partial charge is 0.480 e. The minimum Gasteiger partial charge on any atom is -0.480 e. The summed E-state index contributed by atoms with van der Waals surface area (Å²) < 4.78 is 12.9. The fraction of sp³-hybridized carbons (Fsp3) is 0.700. The van der Waals surface area contributed by atoms with Gasteiger partial charge in [0.15, 0.2) is 0 Å². The highest BCUT2D eigenvalue weighted by molar-refractivity contribution is 5.99. The first kappa shape index (κ1) is 21.6. The number of ether oxygens (including phenoxy) is 2. The minimum absolute atomic E-state index is 0.106. The van der Waals surface area contributed by atoms with Gasteiger partial charge in [0.2, 0.25) is 5.91 Å². The lowest BCUT2D eigenvalue weighted by molar-refractivity contribution is -0.149. The topological polar surface area (TPSA) is 117 Å². The minimum atomic E-state index is -0.969. The zero-order chi connectivity index (χ0) is 22.5. The van der Waals surface area contributed by atoms with Crippen molar-refractivity contribution >= 4 is 23.7 Å². The fourth-order valence-corrected chi connectivity index (χ4v) is 4.40. The summed E-state index contributed by atoms with van der Waals surface area (Å²) in [4.78, 5) is 42.3. The molecule has 3 aliphatic rings. The molecule has 0 radical (unpaired) electrons. The number of carboxylic acids is 1. The summed E-state index contributed by atoms with van der Waals surface area (Å²) in [6, 6.07) is -0.970. The summed E-state index contributed by atoms with van der Waals surface area (Å²) in [5.74, 6) is -1.18. The molecule has 0 aliphatic carbocycles. The van der Waals surface area contributed by atoms with Crippen LogP contribution in [-0.2, 0) is 32.2 Å². The van der Waals surface area contributed by atoms with Crippen molar-refractivity contribution in [3.63, 3.8) is 0 Å². The zero-order valence-corrected chi connectivity index (χ0v) is 18.3. The molecule has 2 fully saturated rings. The van der Waals surface area contributed by atoms with Gasteiger partial charge in [-0.3, -0.25) is 24.1 Å². The van der Waals surface area contributed by atoms with Gasteiger partial charge in [-0.1, -0.05) is 0 Å². The van der Waals surface area contributed by atoms with E-state index in [-0.39, 0.29) is 37.7 Å². The molecular formula is C20H29N5O6. The van der Waals surface area contributed by atoms with Crippen molar-refractivity contribution in [1.29, 1.82) is 0 Å². The second-order valence-corrected chi connectivity index (χ2v) is 9.34. The molecule has 1 N–H and O–H groups in total. The first-order valence-electron chi connectivity index (χ1n) is 10.5. The van der Waals surface area contributed by atoms with Crippen LogP contribution in [0.1, 0.15) is 33.4 Å². The van der Waals surface area contributed by atoms with Crippen LogP contribution < -0.4 is 4.90 Å². The zero-order valence-electron chi connectivity index (χ0n) is 18.3. The van der Waals surface area contributed by atoms with E-state index in [4.69, 9.17) is 9.47 Å². The van der Waals surface area contributed by atoms with Gasteiger partial charge in [0.05, 0.1) is 62.5 Å². The van der Waals surface area contributed by atoms with Gasteiger partial charge in [0, 0.05) is 6.54 Å². The van der Waals surface area contributed by atoms with Crippen LogP contribution in [-0.4, -0.2) is 92.7 Å². The lowest BCUT2D eigenvalue weighted by Crippen LogP contribution is -2.68. The van der Waals surface area contributed by atoms with E-state index in [0.717, 1.165) is 5.69 Å². The molecule has 170 valence electrons. The van der Waals surface area contributed by atoms with Crippen molar-refractivity contribution in [1.82, 2.24) is 19.6 Å². The van der Waals surface area contributed by atoms with Crippen LogP contribution in [0, 0.1) is 0 Å². The molecule has 3 aliphatic heterocycles. The van der Waals surface area contributed by atoms with Crippen LogP contribution >= 0.6 is 0 Å². The number of carbonyl (C=O) groups is 3. The molecule has 2 amide bonds. The summed E-state index contributed by atoms with van der Waals surface area (Å²) in [6.07, 6.45) is 1.25. The maximum Gasteiger partial charge on any atom is 0.410 e. The smallest absolute Gasteiger partial charge is 0.410 e. The molecule has 0 aromatic carbocycles. The second-order valence-electron chi connectivity index (χ2n) is 9.34. The predicted molar refractivity (Wildman–Crippen MR) is 109 cm³/mol. The van der Waals surface area contributed by atoms with Crippen LogP contribution in [0.25, 0.3) is 0 Å². The number of piperazine rings is 1. The van der Waals surface area contributed by atoms with Crippen molar-refractivity contribution in [3.8, 4) is 0 Å². The van der Waals surface area contributed by atoms with Crippen molar-refractivity contribution in [2.45, 2.75) is 64.5 Å². The van der Waals surface area contributed by atoms with Gasteiger partial charge in [-0.05, 0) is 27.7 Å². The summed E-state index contributed by atoms with van der Waals surface area (Å²) in [5, 5.41) is 13.7. The molecule has 0 saturated carbocycles. The summed E-state index contributed by atoms with van der Waals surface area (Å²) in [6.45, 7) is 8.81. The Hall–Kier alpha value is -2.66. The Labute approximate surface area is 180 Å². The number of rotatable bonds is 3. The number of hydrogen-bond acceptors (Lipinski definition) is 7. The van der Waals surface area contributed by atoms with E-state index in [0.29, 0.717) is 25.4 Å². The third-order valence-corrected chi connectivity index (χ3v) is 5.85. The predicted octanol–water partition coefficient (Wildman–Crippen LogP) is 0.523. The number of amides is 2. The molecular weight excluding hydrogens is 406 g/mol. The van der Waals surface area contributed by atoms with E-state index in [1.54, 1.807) is 20.9 Å². The molecule has 11 nitrogen and oxygen atoms in total. The quantitative estimate of drug-likeness (QED) is 0.730. The molecule has 11 heteroatoms. The Morgan fingerprint density at radius 3 is 2.71 bits per heavy atom. The Kier molecular flexibility index (Phi) is 5.42. The standard InChI is InChI=1S/C20H29N5O6/c1-12-6-25-15(8-22(12)19(29)31-20(2,3)4)14(5-21-25)24-7-13-10-30-11-16(18(24)28)23(13)9-17(26)27/h5,12-13,16H,6-11H2,1-4H3,(H,26,27)/t12-,13?,16?/m0/s1. The Balaban J connectivity index is 1.59. The van der Waals surface area contributed by atoms with Crippen LogP contribution in [0.15, 0.2) is 6.20 Å². The number of nitrogens with zero attached hydrogens (tertiary/aromatic N) is 5. The van der Waals surface area contributed by atoms with Crippen molar-refractivity contribution in [2.24, 2.45) is 0 Å². The second kappa shape index (κ2) is 7.79. The van der Waals surface area contributed by atoms with Gasteiger partial charge >= 0.3 is 12.1 Å². The first-order valence-corrected chi connectivity index (χ1v) is 10.5. The van der Waals surface area contributed by atoms with E-state index in [1.807, 2.05) is 32.4 Å². The monoisotopic (exact) mass is 435 g/mol. The van der Waals surface area contributed by atoms with Crippen LogP contribution in [0.3, 0.4) is 0 Å². The average Bonchev–Trinajstić information content (AvgIpc) is 3.05. The highest BCUT2D eigenvalue weighted by atomic mass is 16.6. The third-order valence-electron chi connectivity index (χ3n) is 5.85. The number of carbonyl (C=O) groups excluding carboxylic acids is 2. The fourth-order valence-electron chi connectivity index (χ4n) is 4.40. The number of aromatic nitrogens is 2. The normalized spacial score (nSPS) is 26.6. The highest BCUT2D eigenvalue weighted by Crippen LogP contribution is 2.32. The van der Waals surface area contributed by atoms with Crippen LogP contribution in [0.5, 0.6) is 0 Å². The van der Waals surface area contributed by atoms with Gasteiger partial charge in [0.1, 0.15) is 11.6 Å². The molecule has 4 rings (SSSR count). The lowest BCUT2D eigenvalue weighted by atomic mass is 10.0. The lowest BCUT2D eigenvalue weighted by Gasteiger charge is -2.48. The van der Waals surface area contributed by atoms with E-state index >= 15 is 0 Å². The van der Waals surface area contributed by atoms with Gasteiger partial charge in [-0.15, -0.1) is 0 Å². The van der Waals surface area contributed by atoms with Crippen molar-refractivity contribution in [2.75, 3.05) is 31.2 Å². The Morgan fingerprint density at radius 1 is 1.29 bits per heavy atom. The first-order chi connectivity index (χ1) is 14.5. The molecule has 1 aromatic rings. The molecule has 2 saturated heterocycles. The Bertz CT molecular complexity index is 893. The van der Waals surface area contributed by atoms with Crippen molar-refractivity contribution < 1.29 is 29.0 Å². The SMILES string of the molecule is C[C@H]1Cn2ncc(N3CC4COCC(C3=O)N4CC(=O)O)c2CN1C(=O)OC(C)(C)C. The molecule has 31 heavy (non-hydrogen) atoms. The van der Waals surface area contributed by atoms with Gasteiger partial charge in [0.25, 0.3) is 0 Å². The molecule has 1 aromatic heterocycles. The summed E-state index contributed by atoms with van der Waals surface area (Å²) >= 11 is 0. The maximum atomic E-state index is 13.2. The van der Waals surface area contributed by atoms with E-state index in [2.05, 4.69) is 5.10 Å². The van der Waals surface area contributed by atoms with E-state index in [9.17, 15) is 19.5 Å². The molecule has 2 bridgehead atoms.